The van der Waals surface area contributed by atoms with Crippen LogP contribution < -0.4 is 10.1 Å². The second-order valence-electron chi connectivity index (χ2n) is 5.62. The fraction of sp³-hybridized carbons (Fsp3) is 0.105. The summed E-state index contributed by atoms with van der Waals surface area (Å²) in [5.74, 6) is -2.74. The zero-order valence-corrected chi connectivity index (χ0v) is 14.3. The summed E-state index contributed by atoms with van der Waals surface area (Å²) in [5.41, 5.74) is -0.0291. The first-order chi connectivity index (χ1) is 13.5. The normalized spacial score (nSPS) is 11.7. The number of alkyl halides is 1. The Balaban J connectivity index is 1.98. The molecule has 0 saturated carbocycles. The number of hydrogen-bond donors (Lipinski definition) is 2. The van der Waals surface area contributed by atoms with E-state index in [1.54, 1.807) is 0 Å². The Bertz CT molecular complexity index is 984. The average Bonchev–Trinajstić information content (AvgIpc) is 2.69. The van der Waals surface area contributed by atoms with Crippen molar-refractivity contribution in [2.24, 2.45) is 0 Å². The molecule has 0 radical (unpaired) electrons. The van der Waals surface area contributed by atoms with Gasteiger partial charge in [0, 0.05) is 6.20 Å². The fourth-order valence-electron chi connectivity index (χ4n) is 2.52. The first kappa shape index (κ1) is 19.2. The molecule has 2 aromatic heterocycles. The van der Waals surface area contributed by atoms with Crippen molar-refractivity contribution in [3.63, 3.8) is 0 Å². The predicted octanol–water partition coefficient (Wildman–Crippen LogP) is 3.29. The molecule has 144 valence electrons. The van der Waals surface area contributed by atoms with E-state index in [0.29, 0.717) is 0 Å². The molecular formula is C19H14F3N3O3. The van der Waals surface area contributed by atoms with Gasteiger partial charge in [0.15, 0.2) is 11.6 Å². The van der Waals surface area contributed by atoms with E-state index >= 15 is 0 Å². The van der Waals surface area contributed by atoms with Crippen molar-refractivity contribution in [2.75, 3.05) is 6.86 Å². The number of ether oxygens (including phenoxy) is 1. The first-order valence-electron chi connectivity index (χ1n) is 8.04. The zero-order chi connectivity index (χ0) is 20.1. The van der Waals surface area contributed by atoms with Crippen molar-refractivity contribution < 1.29 is 27.8 Å². The molecule has 0 aliphatic rings. The fourth-order valence-corrected chi connectivity index (χ4v) is 2.52. The van der Waals surface area contributed by atoms with Crippen molar-refractivity contribution >= 4 is 5.91 Å². The largest absolute Gasteiger partial charge is 0.506 e. The van der Waals surface area contributed by atoms with Crippen LogP contribution >= 0.6 is 0 Å². The molecule has 3 aromatic rings. The van der Waals surface area contributed by atoms with Gasteiger partial charge in [0.2, 0.25) is 6.86 Å². The molecule has 1 aromatic carbocycles. The maximum Gasteiger partial charge on any atom is 0.270 e. The lowest BCUT2D eigenvalue weighted by Crippen LogP contribution is -2.31. The standard InChI is InChI=1S/C19H14F3N3O3/c20-10-28-16-6-3-11(8-14(16)22)17(18-13(21)2-1-7-23-18)25-19(27)15-5-4-12(26)9-24-15/h1-9,17,26H,10H2,(H,25,27)/t17-/m0/s1. The Kier molecular flexibility index (Phi) is 5.73. The van der Waals surface area contributed by atoms with E-state index in [-0.39, 0.29) is 28.5 Å². The molecule has 28 heavy (non-hydrogen) atoms. The van der Waals surface area contributed by atoms with Crippen LogP contribution in [0.2, 0.25) is 0 Å². The van der Waals surface area contributed by atoms with Crippen molar-refractivity contribution in [1.29, 1.82) is 0 Å². The molecule has 3 rings (SSSR count). The quantitative estimate of drug-likeness (QED) is 0.676. The third-order valence-corrected chi connectivity index (χ3v) is 3.82. The molecule has 9 heteroatoms. The van der Waals surface area contributed by atoms with Gasteiger partial charge in [-0.3, -0.25) is 9.78 Å². The van der Waals surface area contributed by atoms with Crippen LogP contribution in [-0.2, 0) is 0 Å². The van der Waals surface area contributed by atoms with E-state index < -0.39 is 30.4 Å². The number of nitrogens with one attached hydrogen (secondary N) is 1. The van der Waals surface area contributed by atoms with Crippen LogP contribution in [0.1, 0.15) is 27.8 Å². The van der Waals surface area contributed by atoms with E-state index in [9.17, 15) is 23.1 Å². The molecule has 0 aliphatic carbocycles. The Morgan fingerprint density at radius 2 is 1.96 bits per heavy atom. The van der Waals surface area contributed by atoms with Crippen LogP contribution in [0.15, 0.2) is 54.9 Å². The highest BCUT2D eigenvalue weighted by atomic mass is 19.1. The maximum absolute atomic E-state index is 14.3. The van der Waals surface area contributed by atoms with Gasteiger partial charge in [-0.1, -0.05) is 6.07 Å². The summed E-state index contributed by atoms with van der Waals surface area (Å²) >= 11 is 0. The number of rotatable bonds is 6. The van der Waals surface area contributed by atoms with Gasteiger partial charge in [0.25, 0.3) is 5.91 Å². The zero-order valence-electron chi connectivity index (χ0n) is 14.3. The smallest absolute Gasteiger partial charge is 0.270 e. The van der Waals surface area contributed by atoms with Crippen LogP contribution in [-0.4, -0.2) is 27.8 Å². The summed E-state index contributed by atoms with van der Waals surface area (Å²) < 4.78 is 45.3. The highest BCUT2D eigenvalue weighted by molar-refractivity contribution is 5.92. The number of carbonyl (C=O) groups is 1. The SMILES string of the molecule is O=C(N[C@@H](c1ccc(OCF)c(F)c1)c1ncccc1F)c1ccc(O)cn1. The van der Waals surface area contributed by atoms with Gasteiger partial charge in [-0.05, 0) is 42.0 Å². The van der Waals surface area contributed by atoms with E-state index in [0.717, 1.165) is 18.3 Å². The van der Waals surface area contributed by atoms with Gasteiger partial charge in [-0.2, -0.15) is 0 Å². The summed E-state index contributed by atoms with van der Waals surface area (Å²) in [7, 11) is 0. The number of pyridine rings is 2. The van der Waals surface area contributed by atoms with Gasteiger partial charge in [-0.15, -0.1) is 0 Å². The molecular weight excluding hydrogens is 375 g/mol. The van der Waals surface area contributed by atoms with E-state index in [4.69, 9.17) is 0 Å². The minimum absolute atomic E-state index is 0.0445. The maximum atomic E-state index is 14.3. The lowest BCUT2D eigenvalue weighted by Gasteiger charge is -2.20. The average molecular weight is 389 g/mol. The lowest BCUT2D eigenvalue weighted by atomic mass is 10.0. The molecule has 0 spiro atoms. The van der Waals surface area contributed by atoms with Crippen molar-refractivity contribution in [3.05, 3.63) is 83.4 Å². The summed E-state index contributed by atoms with van der Waals surface area (Å²) in [6, 6.07) is 7.43. The third-order valence-electron chi connectivity index (χ3n) is 3.82. The van der Waals surface area contributed by atoms with Crippen LogP contribution in [0.4, 0.5) is 13.2 Å². The molecule has 2 heterocycles. The summed E-state index contributed by atoms with van der Waals surface area (Å²) in [5, 5.41) is 11.8. The molecule has 0 saturated heterocycles. The van der Waals surface area contributed by atoms with Crippen LogP contribution in [0.5, 0.6) is 11.5 Å². The molecule has 0 aliphatic heterocycles. The molecule has 0 bridgehead atoms. The van der Waals surface area contributed by atoms with Crippen molar-refractivity contribution in [1.82, 2.24) is 15.3 Å². The Morgan fingerprint density at radius 1 is 1.14 bits per heavy atom. The molecule has 0 unspecified atom stereocenters. The summed E-state index contributed by atoms with van der Waals surface area (Å²) in [6.07, 6.45) is 2.40. The second-order valence-corrected chi connectivity index (χ2v) is 5.62. The number of aromatic hydroxyl groups is 1. The number of aromatic nitrogens is 2. The highest BCUT2D eigenvalue weighted by Gasteiger charge is 2.24. The molecule has 1 amide bonds. The van der Waals surface area contributed by atoms with Crippen molar-refractivity contribution in [3.8, 4) is 11.5 Å². The number of carbonyl (C=O) groups excluding carboxylic acids is 1. The van der Waals surface area contributed by atoms with Gasteiger partial charge in [0.1, 0.15) is 23.0 Å². The molecule has 0 fully saturated rings. The van der Waals surface area contributed by atoms with Crippen LogP contribution in [0, 0.1) is 11.6 Å². The second kappa shape index (κ2) is 8.38. The van der Waals surface area contributed by atoms with E-state index in [1.807, 2.05) is 0 Å². The molecule has 1 atom stereocenters. The van der Waals surface area contributed by atoms with Crippen molar-refractivity contribution in [2.45, 2.75) is 6.04 Å². The van der Waals surface area contributed by atoms with Gasteiger partial charge in [-0.25, -0.2) is 18.2 Å². The first-order valence-corrected chi connectivity index (χ1v) is 8.04. The Morgan fingerprint density at radius 3 is 2.61 bits per heavy atom. The monoisotopic (exact) mass is 389 g/mol. The number of amides is 1. The van der Waals surface area contributed by atoms with Gasteiger partial charge < -0.3 is 15.2 Å². The molecule has 2 N–H and O–H groups in total. The number of nitrogens with zero attached hydrogens (tertiary/aromatic N) is 2. The third kappa shape index (κ3) is 4.20. The predicted molar refractivity (Wildman–Crippen MR) is 92.4 cm³/mol. The highest BCUT2D eigenvalue weighted by Crippen LogP contribution is 2.27. The lowest BCUT2D eigenvalue weighted by molar-refractivity contribution is 0.0936. The van der Waals surface area contributed by atoms with E-state index in [2.05, 4.69) is 20.0 Å². The number of benzene rings is 1. The van der Waals surface area contributed by atoms with Crippen LogP contribution in [0.3, 0.4) is 0 Å². The number of halogens is 3. The van der Waals surface area contributed by atoms with Crippen LogP contribution in [0.25, 0.3) is 0 Å². The number of hydrogen-bond acceptors (Lipinski definition) is 5. The summed E-state index contributed by atoms with van der Waals surface area (Å²) in [4.78, 5) is 20.2. The Labute approximate surface area is 157 Å². The van der Waals surface area contributed by atoms with Gasteiger partial charge >= 0.3 is 0 Å². The van der Waals surface area contributed by atoms with Gasteiger partial charge in [0.05, 0.1) is 12.2 Å². The minimum Gasteiger partial charge on any atom is -0.506 e. The minimum atomic E-state index is -1.21. The summed E-state index contributed by atoms with van der Waals surface area (Å²) in [6.45, 7) is -1.21. The molecule has 6 nitrogen and oxygen atoms in total. The van der Waals surface area contributed by atoms with E-state index in [1.165, 1.54) is 36.5 Å². The Hall–Kier alpha value is -3.62. The topological polar surface area (TPSA) is 84.3 Å².